The van der Waals surface area contributed by atoms with Crippen LogP contribution in [0.4, 0.5) is 5.69 Å². The van der Waals surface area contributed by atoms with Gasteiger partial charge in [-0.2, -0.15) is 0 Å². The quantitative estimate of drug-likeness (QED) is 0.518. The van der Waals surface area contributed by atoms with Crippen molar-refractivity contribution in [2.75, 3.05) is 32.0 Å². The van der Waals surface area contributed by atoms with E-state index in [1.54, 1.807) is 35.9 Å². The minimum Gasteiger partial charge on any atom is -0.465 e. The number of hydrogen-bond acceptors (Lipinski definition) is 5. The molecule has 0 amide bonds. The molecule has 2 rings (SSSR count). The van der Waals surface area contributed by atoms with E-state index in [-0.39, 0.29) is 6.54 Å². The summed E-state index contributed by atoms with van der Waals surface area (Å²) in [6.07, 6.45) is 1.65. The van der Waals surface area contributed by atoms with Crippen LogP contribution in [0.3, 0.4) is 0 Å². The van der Waals surface area contributed by atoms with Crippen molar-refractivity contribution in [3.63, 3.8) is 0 Å². The average Bonchev–Trinajstić information content (AvgIpc) is 2.63. The van der Waals surface area contributed by atoms with Gasteiger partial charge in [0.15, 0.2) is 0 Å². The fraction of sp³-hybridized carbons (Fsp3) is 0.500. The molecule has 1 atom stereocenters. The third-order valence-electron chi connectivity index (χ3n) is 3.29. The van der Waals surface area contributed by atoms with Gasteiger partial charge < -0.3 is 15.0 Å². The molecule has 1 aromatic carbocycles. The Balaban J connectivity index is 2.27. The molecular weight excluding hydrogens is 291 g/mol. The Hall–Kier alpha value is -1.36. The number of anilines is 1. The summed E-state index contributed by atoms with van der Waals surface area (Å²) in [6, 6.07) is 6.76. The first-order valence-electron chi connectivity index (χ1n) is 7.08. The van der Waals surface area contributed by atoms with E-state index in [1.807, 2.05) is 0 Å². The van der Waals surface area contributed by atoms with E-state index in [0.717, 1.165) is 12.8 Å². The molecule has 1 aliphatic rings. The highest BCUT2D eigenvalue weighted by atomic mass is 31.2. The molecule has 0 aliphatic carbocycles. The predicted molar refractivity (Wildman–Crippen MR) is 81.5 cm³/mol. The number of esters is 1. The zero-order valence-corrected chi connectivity index (χ0v) is 13.1. The van der Waals surface area contributed by atoms with Gasteiger partial charge in [-0.1, -0.05) is 0 Å². The number of ether oxygens (including phenoxy) is 1. The standard InChI is InChI=1S/C14H21N2O4P/c1-2-19-14(17)11-16-9-3-4-10-20-21(16,18)13-7-5-12(15)6-8-13/h5-8H,2-4,9-11,15H2,1H3. The van der Waals surface area contributed by atoms with E-state index in [0.29, 0.717) is 30.8 Å². The summed E-state index contributed by atoms with van der Waals surface area (Å²) < 4.78 is 25.5. The molecule has 1 aliphatic heterocycles. The molecule has 0 aromatic heterocycles. The molecule has 1 fully saturated rings. The molecule has 0 radical (unpaired) electrons. The normalized spacial score (nSPS) is 23.5. The van der Waals surface area contributed by atoms with Crippen LogP contribution in [0.2, 0.25) is 0 Å². The van der Waals surface area contributed by atoms with Crippen molar-refractivity contribution in [2.45, 2.75) is 19.8 Å². The summed E-state index contributed by atoms with van der Waals surface area (Å²) in [5.41, 5.74) is 6.26. The van der Waals surface area contributed by atoms with Crippen LogP contribution in [0, 0.1) is 0 Å². The van der Waals surface area contributed by atoms with E-state index in [1.165, 1.54) is 0 Å². The lowest BCUT2D eigenvalue weighted by atomic mass is 10.3. The van der Waals surface area contributed by atoms with Crippen LogP contribution in [0.1, 0.15) is 19.8 Å². The fourth-order valence-corrected chi connectivity index (χ4v) is 4.47. The Morgan fingerprint density at radius 3 is 2.76 bits per heavy atom. The van der Waals surface area contributed by atoms with Crippen molar-refractivity contribution in [2.24, 2.45) is 0 Å². The molecule has 2 N–H and O–H groups in total. The lowest BCUT2D eigenvalue weighted by molar-refractivity contribution is -0.143. The molecule has 1 heterocycles. The number of nitrogens with two attached hydrogens (primary N) is 1. The maximum Gasteiger partial charge on any atom is 0.320 e. The molecule has 6 nitrogen and oxygen atoms in total. The Kier molecular flexibility index (Phi) is 5.39. The lowest BCUT2D eigenvalue weighted by Gasteiger charge is -2.28. The summed E-state index contributed by atoms with van der Waals surface area (Å²) in [5.74, 6) is -0.390. The van der Waals surface area contributed by atoms with Gasteiger partial charge >= 0.3 is 13.5 Å². The maximum absolute atomic E-state index is 13.3. The Bertz CT molecular complexity index is 532. The van der Waals surface area contributed by atoms with Gasteiger partial charge in [-0.3, -0.25) is 9.36 Å². The second kappa shape index (κ2) is 7.07. The number of rotatable bonds is 4. The Morgan fingerprint density at radius 2 is 2.10 bits per heavy atom. The van der Waals surface area contributed by atoms with Crippen molar-refractivity contribution < 1.29 is 18.6 Å². The first-order valence-corrected chi connectivity index (χ1v) is 8.66. The summed E-state index contributed by atoms with van der Waals surface area (Å²) in [5, 5.41) is 0.558. The van der Waals surface area contributed by atoms with Crippen molar-refractivity contribution >= 4 is 24.5 Å². The van der Waals surface area contributed by atoms with Gasteiger partial charge in [0.25, 0.3) is 0 Å². The number of carbonyl (C=O) groups excluding carboxylic acids is 1. The van der Waals surface area contributed by atoms with Crippen LogP contribution in [0.5, 0.6) is 0 Å². The zero-order chi connectivity index (χ0) is 15.3. The number of benzene rings is 1. The van der Waals surface area contributed by atoms with Crippen molar-refractivity contribution in [3.8, 4) is 0 Å². The van der Waals surface area contributed by atoms with Crippen molar-refractivity contribution in [1.82, 2.24) is 4.67 Å². The lowest BCUT2D eigenvalue weighted by Crippen LogP contribution is -2.32. The summed E-state index contributed by atoms with van der Waals surface area (Å²) >= 11 is 0. The molecule has 7 heteroatoms. The third kappa shape index (κ3) is 3.84. The van der Waals surface area contributed by atoms with Crippen LogP contribution in [-0.2, 0) is 18.6 Å². The minimum absolute atomic E-state index is 0.0322. The molecule has 0 saturated carbocycles. The maximum atomic E-state index is 13.3. The van der Waals surface area contributed by atoms with Gasteiger partial charge in [0.05, 0.1) is 18.5 Å². The number of nitrogen functional groups attached to an aromatic ring is 1. The molecular formula is C14H21N2O4P. The summed E-state index contributed by atoms with van der Waals surface area (Å²) in [6.45, 7) is 2.98. The predicted octanol–water partition coefficient (Wildman–Crippen LogP) is 1.76. The second-order valence-corrected chi connectivity index (χ2v) is 7.23. The van der Waals surface area contributed by atoms with Crippen LogP contribution in [-0.4, -0.2) is 36.9 Å². The van der Waals surface area contributed by atoms with Crippen LogP contribution in [0.15, 0.2) is 24.3 Å². The first-order chi connectivity index (χ1) is 10.1. The molecule has 1 aromatic rings. The van der Waals surface area contributed by atoms with Crippen LogP contribution >= 0.6 is 7.52 Å². The van der Waals surface area contributed by atoms with E-state index in [9.17, 15) is 9.36 Å². The number of nitrogens with zero attached hydrogens (tertiary/aromatic N) is 1. The van der Waals surface area contributed by atoms with Crippen LogP contribution in [0.25, 0.3) is 0 Å². The van der Waals surface area contributed by atoms with E-state index < -0.39 is 13.5 Å². The Morgan fingerprint density at radius 1 is 1.38 bits per heavy atom. The second-order valence-electron chi connectivity index (χ2n) is 4.85. The van der Waals surface area contributed by atoms with Crippen molar-refractivity contribution in [3.05, 3.63) is 24.3 Å². The molecule has 116 valence electrons. The van der Waals surface area contributed by atoms with Gasteiger partial charge in [-0.15, -0.1) is 0 Å². The highest BCUT2D eigenvalue weighted by molar-refractivity contribution is 7.64. The monoisotopic (exact) mass is 312 g/mol. The molecule has 1 saturated heterocycles. The third-order valence-corrected chi connectivity index (χ3v) is 5.85. The van der Waals surface area contributed by atoms with Crippen molar-refractivity contribution in [1.29, 1.82) is 0 Å². The summed E-state index contributed by atoms with van der Waals surface area (Å²) in [4.78, 5) is 11.7. The van der Waals surface area contributed by atoms with Gasteiger partial charge in [0.1, 0.15) is 6.54 Å². The fourth-order valence-electron chi connectivity index (χ4n) is 2.23. The van der Waals surface area contributed by atoms with Gasteiger partial charge in [-0.05, 0) is 44.0 Å². The smallest absolute Gasteiger partial charge is 0.320 e. The molecule has 0 spiro atoms. The molecule has 1 unspecified atom stereocenters. The van der Waals surface area contributed by atoms with E-state index >= 15 is 0 Å². The highest BCUT2D eigenvalue weighted by Gasteiger charge is 2.36. The number of hydrogen-bond donors (Lipinski definition) is 1. The zero-order valence-electron chi connectivity index (χ0n) is 12.2. The summed E-state index contributed by atoms with van der Waals surface area (Å²) in [7, 11) is -3.24. The van der Waals surface area contributed by atoms with E-state index in [4.69, 9.17) is 15.0 Å². The topological polar surface area (TPSA) is 81.9 Å². The largest absolute Gasteiger partial charge is 0.465 e. The SMILES string of the molecule is CCOC(=O)CN1CCCCOP1(=O)c1ccc(N)cc1. The molecule has 21 heavy (non-hydrogen) atoms. The van der Waals surface area contributed by atoms with Gasteiger partial charge in [-0.25, -0.2) is 4.67 Å². The average molecular weight is 312 g/mol. The van der Waals surface area contributed by atoms with Gasteiger partial charge in [0.2, 0.25) is 0 Å². The minimum atomic E-state index is -3.24. The van der Waals surface area contributed by atoms with Crippen LogP contribution < -0.4 is 11.0 Å². The first kappa shape index (κ1) is 16.0. The van der Waals surface area contributed by atoms with E-state index in [2.05, 4.69) is 0 Å². The molecule has 0 bridgehead atoms. The Labute approximate surface area is 124 Å². The number of carbonyl (C=O) groups is 1. The highest BCUT2D eigenvalue weighted by Crippen LogP contribution is 2.51. The van der Waals surface area contributed by atoms with Gasteiger partial charge in [0, 0.05) is 12.2 Å².